The molecule has 92 valence electrons. The normalized spacial score (nSPS) is 20.4. The Morgan fingerprint density at radius 1 is 1.59 bits per heavy atom. The molecule has 2 heterocycles. The van der Waals surface area contributed by atoms with E-state index >= 15 is 0 Å². The van der Waals surface area contributed by atoms with Crippen LogP contribution in [0.3, 0.4) is 0 Å². The number of carbonyl (C=O) groups is 1. The molecular formula is C11H13ClN2O3. The van der Waals surface area contributed by atoms with E-state index in [-0.39, 0.29) is 11.7 Å². The lowest BCUT2D eigenvalue weighted by Gasteiger charge is -2.31. The van der Waals surface area contributed by atoms with E-state index in [1.165, 1.54) is 12.3 Å². The lowest BCUT2D eigenvalue weighted by molar-refractivity contribution is 0.0696. The van der Waals surface area contributed by atoms with E-state index in [0.29, 0.717) is 17.4 Å². The van der Waals surface area contributed by atoms with Crippen molar-refractivity contribution in [1.29, 1.82) is 0 Å². The summed E-state index contributed by atoms with van der Waals surface area (Å²) >= 11 is 6.01. The average molecular weight is 257 g/mol. The van der Waals surface area contributed by atoms with E-state index in [4.69, 9.17) is 16.7 Å². The molecule has 2 N–H and O–H groups in total. The highest BCUT2D eigenvalue weighted by Gasteiger charge is 2.21. The second-order valence-electron chi connectivity index (χ2n) is 4.08. The first-order valence-corrected chi connectivity index (χ1v) is 5.77. The number of rotatable bonds is 2. The zero-order valence-electron chi connectivity index (χ0n) is 9.14. The minimum absolute atomic E-state index is 0.0660. The third-order valence-corrected chi connectivity index (χ3v) is 3.04. The predicted molar refractivity (Wildman–Crippen MR) is 63.7 cm³/mol. The van der Waals surface area contributed by atoms with E-state index in [1.807, 2.05) is 4.90 Å². The van der Waals surface area contributed by atoms with E-state index in [9.17, 15) is 9.90 Å². The molecule has 0 aromatic carbocycles. The fraction of sp³-hybridized carbons (Fsp3) is 0.455. The number of hydrogen-bond acceptors (Lipinski definition) is 4. The predicted octanol–water partition coefficient (Wildman–Crippen LogP) is 1.39. The van der Waals surface area contributed by atoms with Gasteiger partial charge in [-0.3, -0.25) is 0 Å². The highest BCUT2D eigenvalue weighted by molar-refractivity contribution is 6.33. The van der Waals surface area contributed by atoms with Gasteiger partial charge in [-0.2, -0.15) is 0 Å². The summed E-state index contributed by atoms with van der Waals surface area (Å²) in [6, 6.07) is 1.38. The van der Waals surface area contributed by atoms with Gasteiger partial charge in [0.1, 0.15) is 5.82 Å². The van der Waals surface area contributed by atoms with Crippen molar-refractivity contribution in [3.05, 3.63) is 22.8 Å². The van der Waals surface area contributed by atoms with Crippen LogP contribution in [-0.4, -0.2) is 40.4 Å². The van der Waals surface area contributed by atoms with Gasteiger partial charge in [-0.1, -0.05) is 11.6 Å². The molecule has 1 fully saturated rings. The second kappa shape index (κ2) is 4.89. The summed E-state index contributed by atoms with van der Waals surface area (Å²) in [5, 5.41) is 18.7. The van der Waals surface area contributed by atoms with Gasteiger partial charge in [0.05, 0.1) is 16.7 Å². The van der Waals surface area contributed by atoms with Gasteiger partial charge in [-0.25, -0.2) is 9.78 Å². The van der Waals surface area contributed by atoms with Gasteiger partial charge in [-0.05, 0) is 18.9 Å². The summed E-state index contributed by atoms with van der Waals surface area (Å²) in [6.45, 7) is 1.26. The van der Waals surface area contributed by atoms with Gasteiger partial charge in [0, 0.05) is 19.3 Å². The van der Waals surface area contributed by atoms with E-state index in [1.54, 1.807) is 0 Å². The maximum atomic E-state index is 10.7. The van der Waals surface area contributed by atoms with Crippen LogP contribution >= 0.6 is 11.6 Å². The van der Waals surface area contributed by atoms with Crippen LogP contribution in [0.15, 0.2) is 12.3 Å². The number of aromatic carboxylic acids is 1. The fourth-order valence-electron chi connectivity index (χ4n) is 1.93. The van der Waals surface area contributed by atoms with E-state index < -0.39 is 5.97 Å². The standard InChI is InChI=1S/C11H13ClN2O3/c12-9-4-7(11(16)17)5-13-10(9)14-3-1-2-8(15)6-14/h4-5,8,15H,1-3,6H2,(H,16,17). The number of carboxylic acids is 1. The summed E-state index contributed by atoms with van der Waals surface area (Å²) in [6.07, 6.45) is 2.56. The Balaban J connectivity index is 2.23. The van der Waals surface area contributed by atoms with Gasteiger partial charge in [0.15, 0.2) is 0 Å². The monoisotopic (exact) mass is 256 g/mol. The molecule has 1 aliphatic heterocycles. The number of carboxylic acid groups (broad SMARTS) is 1. The maximum Gasteiger partial charge on any atom is 0.337 e. The van der Waals surface area contributed by atoms with Gasteiger partial charge in [0.2, 0.25) is 0 Å². The van der Waals surface area contributed by atoms with Crippen LogP contribution in [0.2, 0.25) is 5.02 Å². The molecule has 1 aliphatic rings. The van der Waals surface area contributed by atoms with Crippen molar-refractivity contribution in [2.45, 2.75) is 18.9 Å². The Morgan fingerprint density at radius 2 is 2.35 bits per heavy atom. The molecule has 0 bridgehead atoms. The Labute approximate surface area is 104 Å². The van der Waals surface area contributed by atoms with Crippen molar-refractivity contribution in [1.82, 2.24) is 4.98 Å². The van der Waals surface area contributed by atoms with E-state index in [0.717, 1.165) is 19.4 Å². The summed E-state index contributed by atoms with van der Waals surface area (Å²) in [4.78, 5) is 16.7. The SMILES string of the molecule is O=C(O)c1cnc(N2CCCC(O)C2)c(Cl)c1. The summed E-state index contributed by atoms with van der Waals surface area (Å²) < 4.78 is 0. The highest BCUT2D eigenvalue weighted by atomic mass is 35.5. The summed E-state index contributed by atoms with van der Waals surface area (Å²) in [5.74, 6) is -0.514. The first kappa shape index (κ1) is 12.1. The van der Waals surface area contributed by atoms with Gasteiger partial charge in [-0.15, -0.1) is 0 Å². The maximum absolute atomic E-state index is 10.7. The van der Waals surface area contributed by atoms with Crippen LogP contribution in [0.1, 0.15) is 23.2 Å². The molecule has 2 rings (SSSR count). The van der Waals surface area contributed by atoms with Gasteiger partial charge >= 0.3 is 5.97 Å². The molecule has 0 radical (unpaired) electrons. The number of hydrogen-bond donors (Lipinski definition) is 2. The zero-order chi connectivity index (χ0) is 12.4. The molecule has 0 aliphatic carbocycles. The average Bonchev–Trinajstić information content (AvgIpc) is 2.28. The van der Waals surface area contributed by atoms with Crippen molar-refractivity contribution in [3.8, 4) is 0 Å². The lowest BCUT2D eigenvalue weighted by Crippen LogP contribution is -2.38. The Hall–Kier alpha value is -1.33. The molecule has 17 heavy (non-hydrogen) atoms. The quantitative estimate of drug-likeness (QED) is 0.837. The lowest BCUT2D eigenvalue weighted by atomic mass is 10.1. The number of piperidine rings is 1. The van der Waals surface area contributed by atoms with Crippen molar-refractivity contribution < 1.29 is 15.0 Å². The number of halogens is 1. The molecule has 1 unspecified atom stereocenters. The zero-order valence-corrected chi connectivity index (χ0v) is 9.89. The molecule has 0 saturated carbocycles. The fourth-order valence-corrected chi connectivity index (χ4v) is 2.21. The number of aromatic nitrogens is 1. The molecule has 5 nitrogen and oxygen atoms in total. The first-order chi connectivity index (χ1) is 8.08. The minimum atomic E-state index is -1.05. The number of pyridine rings is 1. The molecule has 0 spiro atoms. The smallest absolute Gasteiger partial charge is 0.337 e. The minimum Gasteiger partial charge on any atom is -0.478 e. The first-order valence-electron chi connectivity index (χ1n) is 5.40. The molecule has 0 amide bonds. The van der Waals surface area contributed by atoms with Crippen LogP contribution in [0.5, 0.6) is 0 Å². The van der Waals surface area contributed by atoms with Crippen LogP contribution in [0.25, 0.3) is 0 Å². The van der Waals surface area contributed by atoms with Gasteiger partial charge in [0.25, 0.3) is 0 Å². The Kier molecular flexibility index (Phi) is 3.49. The molecule has 1 aromatic heterocycles. The van der Waals surface area contributed by atoms with Crippen LogP contribution in [-0.2, 0) is 0 Å². The largest absolute Gasteiger partial charge is 0.478 e. The number of β-amino-alcohol motifs (C(OH)–C–C–N with tert-alkyl or cyclic N) is 1. The van der Waals surface area contributed by atoms with Crippen LogP contribution in [0.4, 0.5) is 5.82 Å². The van der Waals surface area contributed by atoms with Crippen molar-refractivity contribution in [2.24, 2.45) is 0 Å². The van der Waals surface area contributed by atoms with Gasteiger partial charge < -0.3 is 15.1 Å². The third-order valence-electron chi connectivity index (χ3n) is 2.76. The number of aliphatic hydroxyl groups excluding tert-OH is 1. The second-order valence-corrected chi connectivity index (χ2v) is 4.48. The third kappa shape index (κ3) is 2.68. The van der Waals surface area contributed by atoms with E-state index in [2.05, 4.69) is 4.98 Å². The molecule has 1 aromatic rings. The number of aliphatic hydroxyl groups is 1. The van der Waals surface area contributed by atoms with Crippen LogP contribution in [0, 0.1) is 0 Å². The van der Waals surface area contributed by atoms with Crippen molar-refractivity contribution in [3.63, 3.8) is 0 Å². The molecule has 1 saturated heterocycles. The van der Waals surface area contributed by atoms with Crippen molar-refractivity contribution in [2.75, 3.05) is 18.0 Å². The molecule has 1 atom stereocenters. The summed E-state index contributed by atoms with van der Waals surface area (Å²) in [5.41, 5.74) is 0.0660. The highest BCUT2D eigenvalue weighted by Crippen LogP contribution is 2.26. The molecule has 6 heteroatoms. The number of nitrogens with zero attached hydrogens (tertiary/aromatic N) is 2. The Bertz CT molecular complexity index is 439. The summed E-state index contributed by atoms with van der Waals surface area (Å²) in [7, 11) is 0. The van der Waals surface area contributed by atoms with Crippen LogP contribution < -0.4 is 4.90 Å². The topological polar surface area (TPSA) is 73.7 Å². The van der Waals surface area contributed by atoms with Crippen molar-refractivity contribution >= 4 is 23.4 Å². The number of anilines is 1. The molecular weight excluding hydrogens is 244 g/mol. The Morgan fingerprint density at radius 3 is 2.94 bits per heavy atom.